The molecular formula is C13H22ClN5. The van der Waals surface area contributed by atoms with Crippen LogP contribution in [0.25, 0.3) is 0 Å². The summed E-state index contributed by atoms with van der Waals surface area (Å²) >= 11 is 6.12. The van der Waals surface area contributed by atoms with Crippen molar-refractivity contribution < 1.29 is 0 Å². The van der Waals surface area contributed by atoms with Crippen LogP contribution >= 0.6 is 11.6 Å². The Morgan fingerprint density at radius 1 is 1.47 bits per heavy atom. The van der Waals surface area contributed by atoms with Gasteiger partial charge < -0.3 is 15.5 Å². The zero-order chi connectivity index (χ0) is 13.7. The van der Waals surface area contributed by atoms with Crippen LogP contribution in [0.1, 0.15) is 19.8 Å². The van der Waals surface area contributed by atoms with Crippen molar-refractivity contribution in [2.75, 3.05) is 43.9 Å². The molecular weight excluding hydrogens is 262 g/mol. The van der Waals surface area contributed by atoms with Gasteiger partial charge in [-0.1, -0.05) is 18.5 Å². The van der Waals surface area contributed by atoms with Gasteiger partial charge in [0.25, 0.3) is 0 Å². The monoisotopic (exact) mass is 283 g/mol. The summed E-state index contributed by atoms with van der Waals surface area (Å²) in [5, 5.41) is 7.09. The molecule has 106 valence electrons. The fourth-order valence-corrected chi connectivity index (χ4v) is 2.40. The summed E-state index contributed by atoms with van der Waals surface area (Å²) in [4.78, 5) is 10.9. The molecule has 0 saturated carbocycles. The minimum absolute atomic E-state index is 0.577. The van der Waals surface area contributed by atoms with Crippen LogP contribution in [-0.2, 0) is 0 Å². The molecule has 1 saturated heterocycles. The third kappa shape index (κ3) is 4.21. The molecule has 5 nitrogen and oxygen atoms in total. The number of hydrogen-bond acceptors (Lipinski definition) is 5. The molecule has 19 heavy (non-hydrogen) atoms. The summed E-state index contributed by atoms with van der Waals surface area (Å²) in [5.74, 6) is 2.03. The fraction of sp³-hybridized carbons (Fsp3) is 0.692. The first-order valence-corrected chi connectivity index (χ1v) is 7.25. The number of likely N-dealkylation sites (tertiary alicyclic amines) is 1. The highest BCUT2D eigenvalue weighted by Crippen LogP contribution is 2.21. The van der Waals surface area contributed by atoms with Crippen LogP contribution in [0.15, 0.2) is 6.20 Å². The van der Waals surface area contributed by atoms with E-state index in [1.54, 1.807) is 6.20 Å². The van der Waals surface area contributed by atoms with Gasteiger partial charge in [0.1, 0.15) is 10.8 Å². The zero-order valence-electron chi connectivity index (χ0n) is 11.6. The maximum absolute atomic E-state index is 6.12. The number of nitrogens with one attached hydrogen (secondary N) is 2. The molecule has 1 fully saturated rings. The van der Waals surface area contributed by atoms with Gasteiger partial charge in [0.15, 0.2) is 0 Å². The van der Waals surface area contributed by atoms with Crippen LogP contribution in [0.4, 0.5) is 11.8 Å². The number of nitrogens with zero attached hydrogens (tertiary/aromatic N) is 3. The fourth-order valence-electron chi connectivity index (χ4n) is 2.25. The summed E-state index contributed by atoms with van der Waals surface area (Å²) in [7, 11) is 2.16. The molecule has 2 rings (SSSR count). The van der Waals surface area contributed by atoms with Crippen molar-refractivity contribution in [2.24, 2.45) is 5.92 Å². The predicted octanol–water partition coefficient (Wildman–Crippen LogP) is 2.32. The second-order valence-electron chi connectivity index (χ2n) is 5.11. The van der Waals surface area contributed by atoms with Gasteiger partial charge in [-0.15, -0.1) is 0 Å². The summed E-state index contributed by atoms with van der Waals surface area (Å²) in [6.45, 7) is 6.20. The Kier molecular flexibility index (Phi) is 5.22. The maximum Gasteiger partial charge on any atom is 0.224 e. The lowest BCUT2D eigenvalue weighted by Gasteiger charge is -2.13. The van der Waals surface area contributed by atoms with Crippen molar-refractivity contribution in [3.63, 3.8) is 0 Å². The van der Waals surface area contributed by atoms with E-state index in [2.05, 4.69) is 39.5 Å². The van der Waals surface area contributed by atoms with Crippen LogP contribution in [0.5, 0.6) is 0 Å². The minimum Gasteiger partial charge on any atom is -0.368 e. The lowest BCUT2D eigenvalue weighted by molar-refractivity contribution is 0.399. The van der Waals surface area contributed by atoms with Crippen LogP contribution in [0, 0.1) is 5.92 Å². The summed E-state index contributed by atoms with van der Waals surface area (Å²) < 4.78 is 0. The number of anilines is 2. The van der Waals surface area contributed by atoms with Crippen molar-refractivity contribution in [3.8, 4) is 0 Å². The Hall–Kier alpha value is -1.07. The third-order valence-electron chi connectivity index (χ3n) is 3.32. The number of aromatic nitrogens is 2. The lowest BCUT2D eigenvalue weighted by Crippen LogP contribution is -2.19. The predicted molar refractivity (Wildman–Crippen MR) is 79.9 cm³/mol. The Morgan fingerprint density at radius 3 is 3.00 bits per heavy atom. The highest BCUT2D eigenvalue weighted by molar-refractivity contribution is 6.32. The van der Waals surface area contributed by atoms with Gasteiger partial charge in [-0.25, -0.2) is 4.98 Å². The quantitative estimate of drug-likeness (QED) is 0.839. The van der Waals surface area contributed by atoms with E-state index < -0.39 is 0 Å². The van der Waals surface area contributed by atoms with Crippen molar-refractivity contribution in [3.05, 3.63) is 11.2 Å². The van der Waals surface area contributed by atoms with E-state index in [0.717, 1.165) is 31.9 Å². The molecule has 2 N–H and O–H groups in total. The van der Waals surface area contributed by atoms with Gasteiger partial charge in [0.05, 0.1) is 6.20 Å². The van der Waals surface area contributed by atoms with E-state index in [1.165, 1.54) is 13.0 Å². The number of hydrogen-bond donors (Lipinski definition) is 2. The Bertz CT molecular complexity index is 412. The Labute approximate surface area is 119 Å². The van der Waals surface area contributed by atoms with Crippen molar-refractivity contribution in [1.82, 2.24) is 14.9 Å². The van der Waals surface area contributed by atoms with Crippen LogP contribution in [-0.4, -0.2) is 48.1 Å². The van der Waals surface area contributed by atoms with Crippen molar-refractivity contribution in [1.29, 1.82) is 0 Å². The largest absolute Gasteiger partial charge is 0.368 e. The SMILES string of the molecule is CCCNc1ncc(Cl)c(NCC2CCN(C)C2)n1. The molecule has 0 aromatic carbocycles. The van der Waals surface area contributed by atoms with Gasteiger partial charge in [0.2, 0.25) is 5.95 Å². The zero-order valence-corrected chi connectivity index (χ0v) is 12.4. The Morgan fingerprint density at radius 2 is 2.32 bits per heavy atom. The average molecular weight is 284 g/mol. The molecule has 1 aromatic heterocycles. The molecule has 0 spiro atoms. The van der Waals surface area contributed by atoms with Gasteiger partial charge in [-0.05, 0) is 32.4 Å². The third-order valence-corrected chi connectivity index (χ3v) is 3.60. The van der Waals surface area contributed by atoms with Crippen molar-refractivity contribution >= 4 is 23.4 Å². The van der Waals surface area contributed by atoms with Gasteiger partial charge in [-0.2, -0.15) is 4.98 Å². The first kappa shape index (κ1) is 14.3. The molecule has 6 heteroatoms. The Balaban J connectivity index is 1.91. The van der Waals surface area contributed by atoms with Gasteiger partial charge in [0, 0.05) is 19.6 Å². The second kappa shape index (κ2) is 6.91. The van der Waals surface area contributed by atoms with Crippen LogP contribution < -0.4 is 10.6 Å². The highest BCUT2D eigenvalue weighted by atomic mass is 35.5. The van der Waals surface area contributed by atoms with Crippen molar-refractivity contribution in [2.45, 2.75) is 19.8 Å². The smallest absolute Gasteiger partial charge is 0.224 e. The van der Waals surface area contributed by atoms with E-state index in [0.29, 0.717) is 16.9 Å². The summed E-state index contributed by atoms with van der Waals surface area (Å²) in [6, 6.07) is 0. The lowest BCUT2D eigenvalue weighted by atomic mass is 10.1. The van der Waals surface area contributed by atoms with E-state index >= 15 is 0 Å². The minimum atomic E-state index is 0.577. The molecule has 0 amide bonds. The molecule has 0 bridgehead atoms. The van der Waals surface area contributed by atoms with E-state index in [1.807, 2.05) is 0 Å². The first-order chi connectivity index (χ1) is 9.19. The second-order valence-corrected chi connectivity index (χ2v) is 5.52. The molecule has 1 aliphatic heterocycles. The normalized spacial score (nSPS) is 19.6. The highest BCUT2D eigenvalue weighted by Gasteiger charge is 2.19. The van der Waals surface area contributed by atoms with Gasteiger partial charge >= 0.3 is 0 Å². The molecule has 0 radical (unpaired) electrons. The summed E-state index contributed by atoms with van der Waals surface area (Å²) in [5.41, 5.74) is 0. The summed E-state index contributed by atoms with van der Waals surface area (Å²) in [6.07, 6.45) is 3.92. The first-order valence-electron chi connectivity index (χ1n) is 6.88. The average Bonchev–Trinajstić information content (AvgIpc) is 2.82. The topological polar surface area (TPSA) is 53.1 Å². The number of rotatable bonds is 6. The van der Waals surface area contributed by atoms with Crippen LogP contribution in [0.3, 0.4) is 0 Å². The molecule has 0 aliphatic carbocycles. The van der Waals surface area contributed by atoms with E-state index in [-0.39, 0.29) is 0 Å². The van der Waals surface area contributed by atoms with E-state index in [4.69, 9.17) is 11.6 Å². The van der Waals surface area contributed by atoms with E-state index in [9.17, 15) is 0 Å². The van der Waals surface area contributed by atoms with Crippen LogP contribution in [0.2, 0.25) is 5.02 Å². The standard InChI is InChI=1S/C13H22ClN5/c1-3-5-15-13-17-8-11(14)12(18-13)16-7-10-4-6-19(2)9-10/h8,10H,3-7,9H2,1-2H3,(H2,15,16,17,18). The molecule has 1 aromatic rings. The molecule has 2 heterocycles. The number of halogens is 1. The van der Waals surface area contributed by atoms with Gasteiger partial charge in [-0.3, -0.25) is 0 Å². The molecule has 1 atom stereocenters. The maximum atomic E-state index is 6.12. The molecule has 1 unspecified atom stereocenters. The molecule has 1 aliphatic rings.